The van der Waals surface area contributed by atoms with E-state index in [1.165, 1.54) is 16.8 Å². The van der Waals surface area contributed by atoms with Gasteiger partial charge in [-0.1, -0.05) is 60.3 Å². The van der Waals surface area contributed by atoms with Gasteiger partial charge in [0.15, 0.2) is 5.17 Å². The van der Waals surface area contributed by atoms with Gasteiger partial charge in [0.25, 0.3) is 11.8 Å². The molecule has 2 unspecified atom stereocenters. The molecular formula is C21H15N3O3S. The Morgan fingerprint density at radius 1 is 0.857 bits per heavy atom. The van der Waals surface area contributed by atoms with Crippen molar-refractivity contribution in [3.8, 4) is 0 Å². The van der Waals surface area contributed by atoms with Gasteiger partial charge in [-0.2, -0.15) is 10.0 Å². The molecule has 5 aliphatic rings. The number of rotatable bonds is 0. The predicted octanol–water partition coefficient (Wildman–Crippen LogP) is 2.01. The van der Waals surface area contributed by atoms with Crippen LogP contribution in [0.1, 0.15) is 34.1 Å². The molecule has 1 saturated heterocycles. The Labute approximate surface area is 165 Å². The second-order valence-corrected chi connectivity index (χ2v) is 8.43. The number of carbonyl (C=O) groups excluding carboxylic acids is 3. The molecule has 0 aromatic heterocycles. The predicted molar refractivity (Wildman–Crippen MR) is 103 cm³/mol. The van der Waals surface area contributed by atoms with Crippen molar-refractivity contribution in [2.75, 3.05) is 5.75 Å². The molecule has 0 saturated carbocycles. The standard InChI is InChI=1S/C21H15N3O3S/c25-14-9-28-21(22-14)24-20(27)18-16-12-7-3-1-5-10(12)15(17(18)19(26)23-24)11-6-2-4-8-13(11)16/h1-8,15-18H,9H2,(H,23,26). The van der Waals surface area contributed by atoms with Crippen LogP contribution >= 0.6 is 11.8 Å². The van der Waals surface area contributed by atoms with Crippen molar-refractivity contribution in [2.24, 2.45) is 16.8 Å². The van der Waals surface area contributed by atoms with Gasteiger partial charge in [-0.15, -0.1) is 0 Å². The normalized spacial score (nSPS) is 29.8. The van der Waals surface area contributed by atoms with Gasteiger partial charge in [0.2, 0.25) is 5.91 Å². The van der Waals surface area contributed by atoms with Gasteiger partial charge in [-0.25, -0.2) is 0 Å². The van der Waals surface area contributed by atoms with Crippen LogP contribution in [0.15, 0.2) is 53.5 Å². The lowest BCUT2D eigenvalue weighted by molar-refractivity contribution is -0.154. The zero-order valence-corrected chi connectivity index (χ0v) is 15.5. The van der Waals surface area contributed by atoms with Gasteiger partial charge in [0, 0.05) is 11.8 Å². The Bertz CT molecular complexity index is 1060. The summed E-state index contributed by atoms with van der Waals surface area (Å²) in [5.41, 5.74) is 7.21. The number of amidine groups is 1. The number of hydrogen-bond acceptors (Lipinski definition) is 4. The number of hydrazine groups is 1. The molecule has 3 amide bonds. The molecule has 6 nitrogen and oxygen atoms in total. The smallest absolute Gasteiger partial charge is 0.258 e. The molecule has 0 radical (unpaired) electrons. The molecule has 7 rings (SSSR count). The molecule has 0 spiro atoms. The number of hydrogen-bond donors (Lipinski definition) is 1. The van der Waals surface area contributed by atoms with Gasteiger partial charge in [-0.05, 0) is 22.3 Å². The summed E-state index contributed by atoms with van der Waals surface area (Å²) in [6.45, 7) is 0. The maximum absolute atomic E-state index is 13.5. The lowest BCUT2D eigenvalue weighted by atomic mass is 9.53. The van der Waals surface area contributed by atoms with Crippen LogP contribution in [-0.2, 0) is 14.4 Å². The van der Waals surface area contributed by atoms with Crippen molar-refractivity contribution in [3.63, 3.8) is 0 Å². The third-order valence-corrected chi connectivity index (χ3v) is 7.13. The van der Waals surface area contributed by atoms with Crippen molar-refractivity contribution in [3.05, 3.63) is 70.8 Å². The molecule has 1 fully saturated rings. The summed E-state index contributed by atoms with van der Waals surface area (Å²) < 4.78 is 0. The highest BCUT2D eigenvalue weighted by atomic mass is 32.2. The van der Waals surface area contributed by atoms with Crippen LogP contribution in [0.3, 0.4) is 0 Å². The minimum absolute atomic E-state index is 0.145. The highest BCUT2D eigenvalue weighted by molar-refractivity contribution is 8.14. The number of nitrogens with zero attached hydrogens (tertiary/aromatic N) is 2. The third-order valence-electron chi connectivity index (χ3n) is 6.20. The van der Waals surface area contributed by atoms with E-state index in [9.17, 15) is 14.4 Å². The van der Waals surface area contributed by atoms with E-state index < -0.39 is 11.8 Å². The molecule has 2 aromatic carbocycles. The number of aliphatic imine (C=N–C) groups is 1. The average Bonchev–Trinajstić information content (AvgIpc) is 3.16. The summed E-state index contributed by atoms with van der Waals surface area (Å²) in [7, 11) is 0. The van der Waals surface area contributed by atoms with E-state index in [2.05, 4.69) is 34.7 Å². The molecule has 138 valence electrons. The fourth-order valence-corrected chi connectivity index (χ4v) is 5.98. The first-order valence-corrected chi connectivity index (χ1v) is 10.2. The first-order valence-electron chi connectivity index (χ1n) is 9.21. The number of carbonyl (C=O) groups is 3. The molecule has 2 atom stereocenters. The number of amides is 3. The summed E-state index contributed by atoms with van der Waals surface area (Å²) >= 11 is 1.18. The molecule has 1 N–H and O–H groups in total. The largest absolute Gasteiger partial charge is 0.273 e. The van der Waals surface area contributed by atoms with Crippen molar-refractivity contribution < 1.29 is 14.4 Å². The number of benzene rings is 2. The second-order valence-electron chi connectivity index (χ2n) is 7.49. The van der Waals surface area contributed by atoms with E-state index in [4.69, 9.17) is 0 Å². The van der Waals surface area contributed by atoms with Gasteiger partial charge < -0.3 is 0 Å². The third kappa shape index (κ3) is 1.94. The maximum Gasteiger partial charge on any atom is 0.258 e. The average molecular weight is 389 g/mol. The summed E-state index contributed by atoms with van der Waals surface area (Å²) in [6.07, 6.45) is 0. The van der Waals surface area contributed by atoms with Crippen LogP contribution in [0.5, 0.6) is 0 Å². The van der Waals surface area contributed by atoms with Gasteiger partial charge in [0.05, 0.1) is 17.6 Å². The van der Waals surface area contributed by atoms with Crippen molar-refractivity contribution >= 4 is 34.7 Å². The van der Waals surface area contributed by atoms with Crippen molar-refractivity contribution in [2.45, 2.75) is 11.8 Å². The van der Waals surface area contributed by atoms with Crippen LogP contribution < -0.4 is 5.43 Å². The van der Waals surface area contributed by atoms with E-state index in [0.717, 1.165) is 22.3 Å². The zero-order valence-electron chi connectivity index (χ0n) is 14.7. The molecular weight excluding hydrogens is 374 g/mol. The molecule has 2 aromatic rings. The minimum atomic E-state index is -0.498. The Balaban J connectivity index is 1.55. The number of thioether (sulfide) groups is 1. The quantitative estimate of drug-likeness (QED) is 0.748. The monoisotopic (exact) mass is 389 g/mol. The highest BCUT2D eigenvalue weighted by Gasteiger charge is 2.59. The molecule has 3 aliphatic carbocycles. The van der Waals surface area contributed by atoms with Crippen LogP contribution in [0, 0.1) is 11.8 Å². The van der Waals surface area contributed by atoms with Crippen molar-refractivity contribution in [1.82, 2.24) is 10.4 Å². The van der Waals surface area contributed by atoms with E-state index in [0.29, 0.717) is 0 Å². The Hall–Kier alpha value is -2.93. The highest BCUT2D eigenvalue weighted by Crippen LogP contribution is 2.59. The zero-order chi connectivity index (χ0) is 19.0. The molecule has 2 heterocycles. The minimum Gasteiger partial charge on any atom is -0.273 e. The van der Waals surface area contributed by atoms with E-state index >= 15 is 0 Å². The fourth-order valence-electron chi connectivity index (χ4n) is 5.23. The van der Waals surface area contributed by atoms with Crippen LogP contribution in [0.2, 0.25) is 0 Å². The fraction of sp³-hybridized carbons (Fsp3) is 0.238. The first kappa shape index (κ1) is 16.1. The van der Waals surface area contributed by atoms with Crippen LogP contribution in [0.4, 0.5) is 0 Å². The lowest BCUT2D eigenvalue weighted by Crippen LogP contribution is -2.64. The molecule has 7 heteroatoms. The van der Waals surface area contributed by atoms with Crippen LogP contribution in [-0.4, -0.2) is 33.7 Å². The number of nitrogens with one attached hydrogen (secondary N) is 1. The Morgan fingerprint density at radius 3 is 1.89 bits per heavy atom. The maximum atomic E-state index is 13.5. The second kappa shape index (κ2) is 5.54. The SMILES string of the molecule is O=C1CSC(N2NC(=O)C3C4c5ccccc5C(c5ccccc54)C3C2=O)=N1. The summed E-state index contributed by atoms with van der Waals surface area (Å²) in [6, 6.07) is 16.2. The van der Waals surface area contributed by atoms with E-state index in [1.54, 1.807) is 0 Å². The van der Waals surface area contributed by atoms with E-state index in [1.807, 2.05) is 24.3 Å². The van der Waals surface area contributed by atoms with Gasteiger partial charge in [0.1, 0.15) is 0 Å². The van der Waals surface area contributed by atoms with Crippen molar-refractivity contribution in [1.29, 1.82) is 0 Å². The Kier molecular flexibility index (Phi) is 3.18. The lowest BCUT2D eigenvalue weighted by Gasteiger charge is -2.52. The summed E-state index contributed by atoms with van der Waals surface area (Å²) in [5.74, 6) is -1.75. The summed E-state index contributed by atoms with van der Waals surface area (Å²) in [5, 5.41) is 1.47. The first-order chi connectivity index (χ1) is 13.6. The van der Waals surface area contributed by atoms with Gasteiger partial charge in [-0.3, -0.25) is 19.8 Å². The molecule has 2 bridgehead atoms. The topological polar surface area (TPSA) is 78.8 Å². The molecule has 2 aliphatic heterocycles. The van der Waals surface area contributed by atoms with Crippen LogP contribution in [0.25, 0.3) is 0 Å². The Morgan fingerprint density at radius 2 is 1.39 bits per heavy atom. The van der Waals surface area contributed by atoms with Gasteiger partial charge >= 0.3 is 0 Å². The van der Waals surface area contributed by atoms with E-state index in [-0.39, 0.29) is 40.5 Å². The molecule has 28 heavy (non-hydrogen) atoms. The summed E-state index contributed by atoms with van der Waals surface area (Å²) in [4.78, 5) is 42.2.